The van der Waals surface area contributed by atoms with Gasteiger partial charge in [0.25, 0.3) is 6.33 Å². The van der Waals surface area contributed by atoms with Gasteiger partial charge in [0.1, 0.15) is 15.8 Å². The van der Waals surface area contributed by atoms with Crippen LogP contribution in [-0.2, 0) is 16.5 Å². The van der Waals surface area contributed by atoms with Gasteiger partial charge in [-0.05, 0) is 25.1 Å². The zero-order chi connectivity index (χ0) is 13.6. The van der Waals surface area contributed by atoms with Crippen molar-refractivity contribution >= 4 is 15.8 Å². The zero-order valence-electron chi connectivity index (χ0n) is 11.0. The maximum Gasteiger partial charge on any atom is 1.00 e. The van der Waals surface area contributed by atoms with Crippen LogP contribution in [0.15, 0.2) is 40.6 Å². The Balaban J connectivity index is 0.00000147. The second kappa shape index (κ2) is 5.38. The van der Waals surface area contributed by atoms with Crippen molar-refractivity contribution in [2.45, 2.75) is 18.2 Å². The molecular formula is C11H10N4NaO3S+. The molecule has 0 atom stereocenters. The van der Waals surface area contributed by atoms with Gasteiger partial charge < -0.3 is 4.55 Å². The third-order valence-corrected chi connectivity index (χ3v) is 3.60. The Morgan fingerprint density at radius 1 is 1.40 bits per heavy atom. The van der Waals surface area contributed by atoms with Gasteiger partial charge in [-0.25, -0.2) is 8.42 Å². The van der Waals surface area contributed by atoms with Crippen molar-refractivity contribution in [1.82, 2.24) is 9.78 Å². The summed E-state index contributed by atoms with van der Waals surface area (Å²) in [5, 5.41) is 8.54. The zero-order valence-corrected chi connectivity index (χ0v) is 13.8. The minimum absolute atomic E-state index is 0. The monoisotopic (exact) mass is 301 g/mol. The number of hydrogen-bond donors (Lipinski definition) is 0. The SMILES string of the molecule is CC1=N[n+]2cn(-c3cccc(S(=O)(=O)[O-])c3)nc2C1.[Na+]. The summed E-state index contributed by atoms with van der Waals surface area (Å²) in [6.07, 6.45) is 2.30. The summed E-state index contributed by atoms with van der Waals surface area (Å²) in [5.41, 5.74) is 1.47. The van der Waals surface area contributed by atoms with Crippen molar-refractivity contribution in [2.75, 3.05) is 0 Å². The molecule has 0 saturated carbocycles. The molecule has 0 saturated heterocycles. The summed E-state index contributed by atoms with van der Waals surface area (Å²) >= 11 is 0. The quantitative estimate of drug-likeness (QED) is 0.333. The van der Waals surface area contributed by atoms with E-state index in [9.17, 15) is 13.0 Å². The van der Waals surface area contributed by atoms with Gasteiger partial charge in [0.2, 0.25) is 0 Å². The first-order valence-electron chi connectivity index (χ1n) is 5.54. The summed E-state index contributed by atoms with van der Waals surface area (Å²) in [6, 6.07) is 5.74. The summed E-state index contributed by atoms with van der Waals surface area (Å²) in [4.78, 5) is -0.273. The molecule has 1 aliphatic rings. The number of nitrogens with zero attached hydrogens (tertiary/aromatic N) is 4. The van der Waals surface area contributed by atoms with Crippen LogP contribution in [0.4, 0.5) is 0 Å². The number of aromatic nitrogens is 3. The summed E-state index contributed by atoms with van der Waals surface area (Å²) in [6.45, 7) is 1.91. The van der Waals surface area contributed by atoms with Crippen molar-refractivity contribution in [3.8, 4) is 5.69 Å². The Bertz CT molecular complexity index is 798. The van der Waals surface area contributed by atoms with Crippen LogP contribution in [0.1, 0.15) is 12.7 Å². The number of fused-ring (bicyclic) bond motifs is 1. The molecule has 0 radical (unpaired) electrons. The van der Waals surface area contributed by atoms with E-state index < -0.39 is 10.1 Å². The predicted molar refractivity (Wildman–Crippen MR) is 63.9 cm³/mol. The fraction of sp³-hybridized carbons (Fsp3) is 0.182. The van der Waals surface area contributed by atoms with Crippen molar-refractivity contribution < 1.29 is 47.2 Å². The Labute approximate surface area is 138 Å². The van der Waals surface area contributed by atoms with E-state index in [1.807, 2.05) is 6.92 Å². The summed E-state index contributed by atoms with van der Waals surface area (Å²) < 4.78 is 36.1. The minimum Gasteiger partial charge on any atom is -0.744 e. The molecule has 0 unspecified atom stereocenters. The first-order chi connectivity index (χ1) is 8.93. The number of rotatable bonds is 2. The molecule has 9 heteroatoms. The molecule has 98 valence electrons. The summed E-state index contributed by atoms with van der Waals surface area (Å²) in [5.74, 6) is 0.771. The molecule has 0 aliphatic carbocycles. The van der Waals surface area contributed by atoms with E-state index in [2.05, 4.69) is 10.2 Å². The molecule has 2 heterocycles. The van der Waals surface area contributed by atoms with Crippen LogP contribution in [0, 0.1) is 0 Å². The molecule has 7 nitrogen and oxygen atoms in total. The van der Waals surface area contributed by atoms with E-state index in [0.717, 1.165) is 11.5 Å². The Morgan fingerprint density at radius 3 is 2.80 bits per heavy atom. The average molecular weight is 301 g/mol. The van der Waals surface area contributed by atoms with Gasteiger partial charge in [-0.3, -0.25) is 0 Å². The topological polar surface area (TPSA) is 91.3 Å². The Morgan fingerprint density at radius 2 is 2.15 bits per heavy atom. The molecule has 2 aromatic rings. The van der Waals surface area contributed by atoms with E-state index >= 15 is 0 Å². The standard InChI is InChI=1S/C11H10N4O3S.Na/c1-8-5-11-13-14(7-15(11)12-8)9-3-2-4-10(6-9)19(16,17)18;/h2-4,6-7H,5H2,1H3;/q;+1. The largest absolute Gasteiger partial charge is 1.00 e. The molecule has 20 heavy (non-hydrogen) atoms. The van der Waals surface area contributed by atoms with Crippen LogP contribution in [0.3, 0.4) is 0 Å². The molecule has 0 bridgehead atoms. The molecule has 0 amide bonds. The fourth-order valence-corrected chi connectivity index (χ4v) is 2.43. The minimum atomic E-state index is -4.46. The fourth-order valence-electron chi connectivity index (χ4n) is 1.92. The van der Waals surface area contributed by atoms with Gasteiger partial charge in [-0.15, -0.1) is 9.78 Å². The van der Waals surface area contributed by atoms with Crippen molar-refractivity contribution in [3.63, 3.8) is 0 Å². The molecule has 3 rings (SSSR count). The van der Waals surface area contributed by atoms with Gasteiger partial charge in [-0.1, -0.05) is 10.7 Å². The smallest absolute Gasteiger partial charge is 0.744 e. The first kappa shape index (κ1) is 15.3. The molecule has 0 N–H and O–H groups in total. The summed E-state index contributed by atoms with van der Waals surface area (Å²) in [7, 11) is -4.46. The predicted octanol–water partition coefficient (Wildman–Crippen LogP) is -3.15. The average Bonchev–Trinajstić information content (AvgIpc) is 2.85. The van der Waals surface area contributed by atoms with Crippen molar-refractivity contribution in [1.29, 1.82) is 0 Å². The van der Waals surface area contributed by atoms with Gasteiger partial charge in [0, 0.05) is 5.10 Å². The Hall–Kier alpha value is -1.06. The molecule has 0 fully saturated rings. The molecular weight excluding hydrogens is 291 g/mol. The van der Waals surface area contributed by atoms with Crippen molar-refractivity contribution in [3.05, 3.63) is 36.4 Å². The van der Waals surface area contributed by atoms with Gasteiger partial charge >= 0.3 is 35.4 Å². The van der Waals surface area contributed by atoms with Gasteiger partial charge in [0.15, 0.2) is 0 Å². The maximum atomic E-state index is 11.0. The number of benzene rings is 1. The van der Waals surface area contributed by atoms with Crippen molar-refractivity contribution in [2.24, 2.45) is 5.10 Å². The third kappa shape index (κ3) is 2.84. The maximum absolute atomic E-state index is 11.0. The van der Waals surface area contributed by atoms with Crippen LogP contribution in [0.25, 0.3) is 5.69 Å². The second-order valence-corrected chi connectivity index (χ2v) is 5.66. The van der Waals surface area contributed by atoms with Gasteiger partial charge in [0.05, 0.1) is 17.0 Å². The Kier molecular flexibility index (Phi) is 4.12. The van der Waals surface area contributed by atoms with E-state index in [1.54, 1.807) is 17.1 Å². The van der Waals surface area contributed by atoms with Gasteiger partial charge in [-0.2, -0.15) is 0 Å². The normalized spacial score (nSPS) is 13.6. The molecule has 1 aliphatic heterocycles. The van der Waals surface area contributed by atoms with Crippen LogP contribution < -0.4 is 34.2 Å². The first-order valence-corrected chi connectivity index (χ1v) is 6.95. The van der Waals surface area contributed by atoms with Crippen LogP contribution >= 0.6 is 0 Å². The molecule has 1 aromatic heterocycles. The van der Waals surface area contributed by atoms with E-state index in [-0.39, 0.29) is 34.5 Å². The second-order valence-electron chi connectivity index (χ2n) is 4.28. The third-order valence-electron chi connectivity index (χ3n) is 2.77. The van der Waals surface area contributed by atoms with E-state index in [1.165, 1.54) is 22.9 Å². The number of hydrogen-bond acceptors (Lipinski definition) is 5. The van der Waals surface area contributed by atoms with Crippen LogP contribution in [0.5, 0.6) is 0 Å². The van der Waals surface area contributed by atoms with Crippen LogP contribution in [0.2, 0.25) is 0 Å². The van der Waals surface area contributed by atoms with E-state index in [4.69, 9.17) is 0 Å². The van der Waals surface area contributed by atoms with E-state index in [0.29, 0.717) is 12.1 Å². The molecule has 0 spiro atoms. The molecule has 1 aromatic carbocycles. The van der Waals surface area contributed by atoms with Crippen LogP contribution in [-0.4, -0.2) is 28.5 Å².